The van der Waals surface area contributed by atoms with Crippen molar-refractivity contribution in [2.45, 2.75) is 43.9 Å². The first-order chi connectivity index (χ1) is 14.3. The van der Waals surface area contributed by atoms with Crippen LogP contribution in [0.3, 0.4) is 0 Å². The predicted molar refractivity (Wildman–Crippen MR) is 109 cm³/mol. The molecule has 0 radical (unpaired) electrons. The van der Waals surface area contributed by atoms with Crippen LogP contribution >= 0.6 is 0 Å². The summed E-state index contributed by atoms with van der Waals surface area (Å²) in [5.74, 6) is 6.10. The van der Waals surface area contributed by atoms with Crippen LogP contribution < -0.4 is 16.6 Å². The molecule has 1 aliphatic rings. The van der Waals surface area contributed by atoms with E-state index in [1.54, 1.807) is 6.92 Å². The van der Waals surface area contributed by atoms with Crippen LogP contribution in [0.25, 0.3) is 11.2 Å². The zero-order valence-electron chi connectivity index (χ0n) is 16.3. The Bertz CT molecular complexity index is 959. The molecular formula is C18H24N6O5S. The Labute approximate surface area is 175 Å². The first kappa shape index (κ1) is 22.3. The zero-order chi connectivity index (χ0) is 21.8. The molecule has 6 atom stereocenters. The third kappa shape index (κ3) is 4.66. The van der Waals surface area contributed by atoms with E-state index in [0.29, 0.717) is 28.4 Å². The Morgan fingerprint density at radius 3 is 2.87 bits per heavy atom. The minimum atomic E-state index is -1.30. The third-order valence-electron chi connectivity index (χ3n) is 4.87. The largest absolute Gasteiger partial charge is 0.548 e. The second kappa shape index (κ2) is 9.59. The van der Waals surface area contributed by atoms with Crippen LogP contribution in [0.1, 0.15) is 19.6 Å². The van der Waals surface area contributed by atoms with Crippen molar-refractivity contribution in [2.75, 3.05) is 23.0 Å². The number of fused-ring (bicyclic) bond motifs is 1. The molecule has 0 spiro atoms. The number of carbonyl (C=O) groups excluding carboxylic acids is 1. The number of rotatable bonds is 8. The Morgan fingerprint density at radius 2 is 2.17 bits per heavy atom. The second-order valence-electron chi connectivity index (χ2n) is 6.90. The molecule has 30 heavy (non-hydrogen) atoms. The highest BCUT2D eigenvalue weighted by Gasteiger charge is 2.47. The molecule has 0 saturated carbocycles. The van der Waals surface area contributed by atoms with Gasteiger partial charge in [0.15, 0.2) is 23.4 Å². The molecule has 2 aromatic rings. The maximum absolute atomic E-state index is 10.9. The van der Waals surface area contributed by atoms with Gasteiger partial charge in [-0.1, -0.05) is 0 Å². The fourth-order valence-electron chi connectivity index (χ4n) is 3.19. The Hall–Kier alpha value is -2.43. The number of nitrogens with zero attached hydrogens (tertiary/aromatic N) is 4. The number of hydrogen-bond acceptors (Lipinski definition) is 10. The minimum Gasteiger partial charge on any atom is -0.548 e. The van der Waals surface area contributed by atoms with Crippen molar-refractivity contribution >= 4 is 33.8 Å². The SMILES string of the molecule is CC#CC[S+](CC[C@H](N)C(=O)[O-])C[C@H]1O[C@@H](n2cnc3c(N)ncnc32)[C@H](O)[C@@H]1O. The second-order valence-corrected chi connectivity index (χ2v) is 9.15. The normalized spacial score (nSPS) is 25.6. The molecule has 3 heterocycles. The number of nitrogen functional groups attached to an aromatic ring is 1. The maximum atomic E-state index is 10.9. The summed E-state index contributed by atoms with van der Waals surface area (Å²) >= 11 is 0. The van der Waals surface area contributed by atoms with Gasteiger partial charge in [-0.05, 0) is 12.8 Å². The van der Waals surface area contributed by atoms with Crippen molar-refractivity contribution in [2.24, 2.45) is 5.73 Å². The quantitative estimate of drug-likeness (QED) is 0.248. The number of aromatic nitrogens is 4. The van der Waals surface area contributed by atoms with Gasteiger partial charge in [-0.2, -0.15) is 0 Å². The molecule has 3 rings (SSSR count). The fraction of sp³-hybridized carbons (Fsp3) is 0.556. The predicted octanol–water partition coefficient (Wildman–Crippen LogP) is -2.86. The zero-order valence-corrected chi connectivity index (χ0v) is 17.2. The van der Waals surface area contributed by atoms with E-state index in [9.17, 15) is 20.1 Å². The van der Waals surface area contributed by atoms with Crippen LogP contribution in [0, 0.1) is 11.8 Å². The number of aliphatic hydroxyl groups excluding tert-OH is 2. The van der Waals surface area contributed by atoms with Gasteiger partial charge < -0.3 is 36.3 Å². The van der Waals surface area contributed by atoms with E-state index in [4.69, 9.17) is 16.2 Å². The number of carboxylic acids is 1. The smallest absolute Gasteiger partial charge is 0.168 e. The summed E-state index contributed by atoms with van der Waals surface area (Å²) in [4.78, 5) is 23.1. The van der Waals surface area contributed by atoms with Crippen LogP contribution in [0.15, 0.2) is 12.7 Å². The number of anilines is 1. The number of aliphatic hydroxyl groups is 2. The lowest BCUT2D eigenvalue weighted by molar-refractivity contribution is -0.307. The molecule has 0 bridgehead atoms. The summed E-state index contributed by atoms with van der Waals surface area (Å²) in [5.41, 5.74) is 12.1. The van der Waals surface area contributed by atoms with E-state index in [1.807, 2.05) is 0 Å². The highest BCUT2D eigenvalue weighted by atomic mass is 32.2. The Morgan fingerprint density at radius 1 is 1.40 bits per heavy atom. The number of imidazole rings is 1. The van der Waals surface area contributed by atoms with Crippen LogP contribution in [-0.4, -0.2) is 77.3 Å². The molecule has 0 aliphatic carbocycles. The summed E-state index contributed by atoms with van der Waals surface area (Å²) < 4.78 is 7.47. The molecule has 1 aliphatic heterocycles. The summed E-state index contributed by atoms with van der Waals surface area (Å²) in [6, 6.07) is -1.07. The molecule has 11 nitrogen and oxygen atoms in total. The van der Waals surface area contributed by atoms with Gasteiger partial charge in [-0.15, -0.1) is 5.92 Å². The molecule has 1 saturated heterocycles. The van der Waals surface area contributed by atoms with Crippen molar-refractivity contribution in [3.8, 4) is 11.8 Å². The lowest BCUT2D eigenvalue weighted by Gasteiger charge is -2.17. The number of hydrogen-bond donors (Lipinski definition) is 4. The van der Waals surface area contributed by atoms with Crippen LogP contribution in [0.4, 0.5) is 5.82 Å². The van der Waals surface area contributed by atoms with E-state index in [2.05, 4.69) is 26.8 Å². The number of nitrogens with two attached hydrogens (primary N) is 2. The van der Waals surface area contributed by atoms with Gasteiger partial charge >= 0.3 is 0 Å². The molecule has 0 aromatic carbocycles. The van der Waals surface area contributed by atoms with Gasteiger partial charge in [0.1, 0.15) is 41.7 Å². The summed E-state index contributed by atoms with van der Waals surface area (Å²) in [6.07, 6.45) is -0.997. The van der Waals surface area contributed by atoms with Crippen molar-refractivity contribution < 1.29 is 24.9 Å². The van der Waals surface area contributed by atoms with Crippen molar-refractivity contribution in [1.82, 2.24) is 19.5 Å². The van der Waals surface area contributed by atoms with E-state index in [-0.39, 0.29) is 12.2 Å². The first-order valence-corrected chi connectivity index (χ1v) is 11.0. The number of carboxylic acid groups (broad SMARTS) is 1. The van der Waals surface area contributed by atoms with Crippen LogP contribution in [-0.2, 0) is 20.4 Å². The highest BCUT2D eigenvalue weighted by Crippen LogP contribution is 2.32. The molecule has 6 N–H and O–H groups in total. The number of aliphatic carboxylic acids is 1. The topological polar surface area (TPSA) is 185 Å². The van der Waals surface area contributed by atoms with E-state index < -0.39 is 47.4 Å². The monoisotopic (exact) mass is 436 g/mol. The number of ether oxygens (including phenoxy) is 1. The third-order valence-corrected chi connectivity index (χ3v) is 7.04. The van der Waals surface area contributed by atoms with Crippen LogP contribution in [0.2, 0.25) is 0 Å². The maximum Gasteiger partial charge on any atom is 0.168 e. The van der Waals surface area contributed by atoms with E-state index in [0.717, 1.165) is 0 Å². The van der Waals surface area contributed by atoms with Gasteiger partial charge in [-0.25, -0.2) is 15.0 Å². The van der Waals surface area contributed by atoms with Gasteiger partial charge in [0, 0.05) is 23.4 Å². The minimum absolute atomic E-state index is 0.201. The van der Waals surface area contributed by atoms with Gasteiger partial charge in [-0.3, -0.25) is 4.57 Å². The first-order valence-electron chi connectivity index (χ1n) is 9.28. The van der Waals surface area contributed by atoms with Crippen molar-refractivity contribution in [3.05, 3.63) is 12.7 Å². The lowest BCUT2D eigenvalue weighted by atomic mass is 10.1. The molecule has 0 amide bonds. The Balaban J connectivity index is 1.74. The molecule has 2 aromatic heterocycles. The summed E-state index contributed by atoms with van der Waals surface area (Å²) in [6.45, 7) is 1.72. The summed E-state index contributed by atoms with van der Waals surface area (Å²) in [7, 11) is -0.391. The average Bonchev–Trinajstić information content (AvgIpc) is 3.26. The van der Waals surface area contributed by atoms with Gasteiger partial charge in [0.05, 0.1) is 12.3 Å². The number of carbonyl (C=O) groups is 1. The Kier molecular flexibility index (Phi) is 7.11. The standard InChI is InChI=1S/C18H24N6O5S/c1-2-3-5-30(6-4-10(19)18(27)28)7-11-13(25)14(26)17(29-11)24-9-23-12-15(20)21-8-22-16(12)24/h8-11,13-14,17,25-26H,4-7,19H2,1H3,(H2-,20,21,22,27,28)/t10-,11+,13+,14+,17+,30?/m0/s1. The molecule has 1 fully saturated rings. The lowest BCUT2D eigenvalue weighted by Crippen LogP contribution is -2.43. The highest BCUT2D eigenvalue weighted by molar-refractivity contribution is 7.97. The van der Waals surface area contributed by atoms with Gasteiger partial charge in [0.25, 0.3) is 0 Å². The van der Waals surface area contributed by atoms with Crippen molar-refractivity contribution in [3.63, 3.8) is 0 Å². The summed E-state index contributed by atoms with van der Waals surface area (Å²) in [5, 5.41) is 32.0. The van der Waals surface area contributed by atoms with Crippen LogP contribution in [0.5, 0.6) is 0 Å². The molecule has 12 heteroatoms. The average molecular weight is 436 g/mol. The molecular weight excluding hydrogens is 412 g/mol. The fourth-order valence-corrected chi connectivity index (χ4v) is 5.29. The van der Waals surface area contributed by atoms with E-state index in [1.165, 1.54) is 17.2 Å². The van der Waals surface area contributed by atoms with Gasteiger partial charge in [0.2, 0.25) is 0 Å². The molecule has 162 valence electrons. The van der Waals surface area contributed by atoms with Crippen molar-refractivity contribution in [1.29, 1.82) is 0 Å². The van der Waals surface area contributed by atoms with E-state index >= 15 is 0 Å². The molecule has 1 unspecified atom stereocenters.